The Morgan fingerprint density at radius 2 is 1.56 bits per heavy atom. The van der Waals surface area contributed by atoms with Crippen molar-refractivity contribution in [3.63, 3.8) is 0 Å². The van der Waals surface area contributed by atoms with E-state index >= 15 is 0 Å². The molecule has 1 amide bonds. The average Bonchev–Trinajstić information content (AvgIpc) is 2.68. The summed E-state index contributed by atoms with van der Waals surface area (Å²) < 4.78 is 27.6. The molecule has 3 aromatic rings. The summed E-state index contributed by atoms with van der Waals surface area (Å²) in [6, 6.07) is 22.0. The molecule has 3 aromatic carbocycles. The highest BCUT2D eigenvalue weighted by Crippen LogP contribution is 2.21. The molecular weight excluding hydrogens is 380 g/mol. The number of carbonyl (C=O) groups is 1. The maximum Gasteiger partial charge on any atom is 0.261 e. The minimum Gasteiger partial charge on any atom is -0.322 e. The summed E-state index contributed by atoms with van der Waals surface area (Å²) in [5.74, 6) is -0.370. The van der Waals surface area contributed by atoms with Crippen molar-refractivity contribution in [2.24, 2.45) is 0 Å². The van der Waals surface area contributed by atoms with E-state index in [2.05, 4.69) is 10.0 Å². The highest BCUT2D eigenvalue weighted by Gasteiger charge is 2.16. The van der Waals surface area contributed by atoms with E-state index in [1.54, 1.807) is 60.3 Å². The van der Waals surface area contributed by atoms with Crippen molar-refractivity contribution in [1.82, 2.24) is 0 Å². The van der Waals surface area contributed by atoms with Crippen LogP contribution in [0.15, 0.2) is 88.7 Å². The van der Waals surface area contributed by atoms with Gasteiger partial charge >= 0.3 is 0 Å². The van der Waals surface area contributed by atoms with Crippen molar-refractivity contribution >= 4 is 39.1 Å². The predicted octanol–water partition coefficient (Wildman–Crippen LogP) is 4.46. The number of benzene rings is 3. The Balaban J connectivity index is 1.81. The zero-order chi connectivity index (χ0) is 19.3. The molecule has 5 nitrogen and oxygen atoms in total. The number of hydrogen-bond donors (Lipinski definition) is 2. The summed E-state index contributed by atoms with van der Waals surface area (Å²) in [6.07, 6.45) is 1.95. The number of sulfonamides is 1. The molecule has 0 saturated heterocycles. The van der Waals surface area contributed by atoms with Gasteiger partial charge in [-0.25, -0.2) is 8.42 Å². The average molecular weight is 399 g/mol. The minimum absolute atomic E-state index is 0.0249. The van der Waals surface area contributed by atoms with Crippen LogP contribution in [0.2, 0.25) is 0 Å². The number of para-hydroxylation sites is 1. The SMILES string of the molecule is CSc1cccc(NC(=O)c2cccc(S(=O)(=O)Nc3ccccc3)c2)c1. The zero-order valence-electron chi connectivity index (χ0n) is 14.5. The fourth-order valence-corrected chi connectivity index (χ4v) is 3.99. The quantitative estimate of drug-likeness (QED) is 0.601. The van der Waals surface area contributed by atoms with E-state index in [4.69, 9.17) is 0 Å². The zero-order valence-corrected chi connectivity index (χ0v) is 16.2. The largest absolute Gasteiger partial charge is 0.322 e. The van der Waals surface area contributed by atoms with Crippen LogP contribution in [0.4, 0.5) is 11.4 Å². The molecule has 2 N–H and O–H groups in total. The highest BCUT2D eigenvalue weighted by atomic mass is 32.2. The molecule has 0 radical (unpaired) electrons. The first kappa shape index (κ1) is 19.0. The molecule has 0 aromatic heterocycles. The van der Waals surface area contributed by atoms with E-state index in [-0.39, 0.29) is 16.4 Å². The topological polar surface area (TPSA) is 75.3 Å². The van der Waals surface area contributed by atoms with Gasteiger partial charge in [-0.05, 0) is 54.8 Å². The summed E-state index contributed by atoms with van der Waals surface area (Å²) in [5, 5.41) is 2.79. The van der Waals surface area contributed by atoms with Crippen LogP contribution in [0, 0.1) is 0 Å². The second-order valence-electron chi connectivity index (χ2n) is 5.69. The molecule has 0 heterocycles. The molecule has 7 heteroatoms. The molecule has 0 aliphatic carbocycles. The van der Waals surface area contributed by atoms with Gasteiger partial charge in [0.1, 0.15) is 0 Å². The van der Waals surface area contributed by atoms with Gasteiger partial charge in [0.2, 0.25) is 0 Å². The molecule has 138 valence electrons. The summed E-state index contributed by atoms with van der Waals surface area (Å²) >= 11 is 1.57. The van der Waals surface area contributed by atoms with Crippen molar-refractivity contribution in [2.75, 3.05) is 16.3 Å². The lowest BCUT2D eigenvalue weighted by Gasteiger charge is -2.10. The molecular formula is C20H18N2O3S2. The molecule has 0 bridgehead atoms. The molecule has 0 spiro atoms. The van der Waals surface area contributed by atoms with Crippen molar-refractivity contribution in [1.29, 1.82) is 0 Å². The third kappa shape index (κ3) is 4.90. The predicted molar refractivity (Wildman–Crippen MR) is 110 cm³/mol. The van der Waals surface area contributed by atoms with Crippen LogP contribution in [-0.4, -0.2) is 20.6 Å². The lowest BCUT2D eigenvalue weighted by atomic mass is 10.2. The number of nitrogens with one attached hydrogen (secondary N) is 2. The Hall–Kier alpha value is -2.77. The monoisotopic (exact) mass is 398 g/mol. The van der Waals surface area contributed by atoms with Crippen LogP contribution in [0.3, 0.4) is 0 Å². The third-order valence-electron chi connectivity index (χ3n) is 3.76. The Morgan fingerprint density at radius 3 is 2.30 bits per heavy atom. The smallest absolute Gasteiger partial charge is 0.261 e. The van der Waals surface area contributed by atoms with Gasteiger partial charge in [0.05, 0.1) is 4.90 Å². The van der Waals surface area contributed by atoms with Crippen LogP contribution < -0.4 is 10.0 Å². The Morgan fingerprint density at radius 1 is 0.852 bits per heavy atom. The van der Waals surface area contributed by atoms with Crippen LogP contribution in [0.25, 0.3) is 0 Å². The van der Waals surface area contributed by atoms with Gasteiger partial charge < -0.3 is 5.32 Å². The van der Waals surface area contributed by atoms with E-state index in [9.17, 15) is 13.2 Å². The lowest BCUT2D eigenvalue weighted by Crippen LogP contribution is -2.16. The summed E-state index contributed by atoms with van der Waals surface area (Å²) in [6.45, 7) is 0. The van der Waals surface area contributed by atoms with Crippen LogP contribution in [-0.2, 0) is 10.0 Å². The van der Waals surface area contributed by atoms with Crippen LogP contribution in [0.5, 0.6) is 0 Å². The van der Waals surface area contributed by atoms with Crippen molar-refractivity contribution < 1.29 is 13.2 Å². The second kappa shape index (κ2) is 8.28. The molecule has 3 rings (SSSR count). The van der Waals surface area contributed by atoms with E-state index in [1.807, 2.05) is 24.5 Å². The van der Waals surface area contributed by atoms with Gasteiger partial charge in [0.15, 0.2) is 0 Å². The fraction of sp³-hybridized carbons (Fsp3) is 0.0500. The normalized spacial score (nSPS) is 11.0. The van der Waals surface area contributed by atoms with Gasteiger partial charge in [0, 0.05) is 21.8 Å². The molecule has 0 aliphatic heterocycles. The number of thioether (sulfide) groups is 1. The maximum absolute atomic E-state index is 12.6. The number of carbonyl (C=O) groups excluding carboxylic acids is 1. The van der Waals surface area contributed by atoms with Crippen molar-refractivity contribution in [3.05, 3.63) is 84.4 Å². The van der Waals surface area contributed by atoms with E-state index in [0.29, 0.717) is 11.4 Å². The van der Waals surface area contributed by atoms with Crippen molar-refractivity contribution in [2.45, 2.75) is 9.79 Å². The van der Waals surface area contributed by atoms with Gasteiger partial charge in [-0.2, -0.15) is 0 Å². The number of rotatable bonds is 6. The first-order valence-corrected chi connectivity index (χ1v) is 10.8. The third-order valence-corrected chi connectivity index (χ3v) is 5.86. The van der Waals surface area contributed by atoms with Crippen LogP contribution >= 0.6 is 11.8 Å². The number of anilines is 2. The van der Waals surface area contributed by atoms with Gasteiger partial charge in [-0.15, -0.1) is 11.8 Å². The first-order chi connectivity index (χ1) is 13.0. The maximum atomic E-state index is 12.6. The van der Waals surface area contributed by atoms with Crippen molar-refractivity contribution in [3.8, 4) is 0 Å². The minimum atomic E-state index is -3.79. The lowest BCUT2D eigenvalue weighted by molar-refractivity contribution is 0.102. The number of amides is 1. The first-order valence-electron chi connectivity index (χ1n) is 8.11. The highest BCUT2D eigenvalue weighted by molar-refractivity contribution is 7.98. The van der Waals surface area contributed by atoms with Crippen LogP contribution in [0.1, 0.15) is 10.4 Å². The molecule has 0 saturated carbocycles. The van der Waals surface area contributed by atoms with Gasteiger partial charge in [0.25, 0.3) is 15.9 Å². The van der Waals surface area contributed by atoms with E-state index in [1.165, 1.54) is 12.1 Å². The number of hydrogen-bond acceptors (Lipinski definition) is 4. The second-order valence-corrected chi connectivity index (χ2v) is 8.25. The van der Waals surface area contributed by atoms with Gasteiger partial charge in [-0.1, -0.05) is 30.3 Å². The standard InChI is InChI=1S/C20H18N2O3S2/c1-26-18-11-6-10-17(14-18)21-20(23)15-7-5-12-19(13-15)27(24,25)22-16-8-3-2-4-9-16/h2-14,22H,1H3,(H,21,23). The molecule has 0 fully saturated rings. The van der Waals surface area contributed by atoms with Gasteiger partial charge in [-0.3, -0.25) is 9.52 Å². The fourth-order valence-electron chi connectivity index (χ4n) is 2.43. The summed E-state index contributed by atoms with van der Waals surface area (Å²) in [7, 11) is -3.79. The Labute approximate surface area is 162 Å². The van der Waals surface area contributed by atoms with E-state index < -0.39 is 10.0 Å². The van der Waals surface area contributed by atoms with E-state index in [0.717, 1.165) is 4.90 Å². The summed E-state index contributed by atoms with van der Waals surface area (Å²) in [4.78, 5) is 13.6. The molecule has 0 atom stereocenters. The Bertz CT molecular complexity index is 1050. The Kier molecular flexibility index (Phi) is 5.83. The molecule has 27 heavy (non-hydrogen) atoms. The summed E-state index contributed by atoms with van der Waals surface area (Å²) in [5.41, 5.74) is 1.38. The molecule has 0 unspecified atom stereocenters. The molecule has 0 aliphatic rings.